The van der Waals surface area contributed by atoms with Gasteiger partial charge in [0.1, 0.15) is 5.69 Å². The van der Waals surface area contributed by atoms with E-state index < -0.39 is 0 Å². The molecule has 118 valence electrons. The fraction of sp³-hybridized carbons (Fsp3) is 0.0625. The van der Waals surface area contributed by atoms with Crippen molar-refractivity contribution in [1.82, 2.24) is 29.9 Å². The molecule has 0 aliphatic carbocycles. The average Bonchev–Trinajstić information content (AvgIpc) is 3.27. The Morgan fingerprint density at radius 1 is 1.00 bits per heavy atom. The average molecular weight is 319 g/mol. The number of pyridine rings is 1. The molecule has 1 N–H and O–H groups in total. The number of nitrogens with zero attached hydrogens (tertiary/aromatic N) is 6. The molecule has 0 unspecified atom stereocenters. The van der Waals surface area contributed by atoms with Gasteiger partial charge in [-0.2, -0.15) is 5.10 Å². The molecule has 24 heavy (non-hydrogen) atoms. The Morgan fingerprint density at radius 2 is 1.88 bits per heavy atom. The van der Waals surface area contributed by atoms with Crippen molar-refractivity contribution < 1.29 is 4.52 Å². The summed E-state index contributed by atoms with van der Waals surface area (Å²) in [6.45, 7) is 0. The largest absolute Gasteiger partial charge is 0.355 e. The Labute approximate surface area is 137 Å². The summed E-state index contributed by atoms with van der Waals surface area (Å²) < 4.78 is 6.85. The molecule has 0 aromatic carbocycles. The molecule has 4 aromatic rings. The standard InChI is InChI=1S/C16H13N7O/c1-23-10-11(9-18-23)20-16-17-7-5-13(22-16)12-3-2-4-14(21-12)15-6-8-19-24-15/h2-10H,1H3,(H,17,20,22). The van der Waals surface area contributed by atoms with Crippen molar-refractivity contribution in [2.45, 2.75) is 0 Å². The molecule has 0 atom stereocenters. The van der Waals surface area contributed by atoms with Crippen molar-refractivity contribution in [2.24, 2.45) is 7.05 Å². The lowest BCUT2D eigenvalue weighted by molar-refractivity contribution is 0.431. The van der Waals surface area contributed by atoms with Crippen LogP contribution in [0.5, 0.6) is 0 Å². The zero-order chi connectivity index (χ0) is 16.4. The number of nitrogens with one attached hydrogen (secondary N) is 1. The lowest BCUT2D eigenvalue weighted by Crippen LogP contribution is -1.98. The van der Waals surface area contributed by atoms with E-state index in [1.165, 1.54) is 0 Å². The van der Waals surface area contributed by atoms with E-state index in [1.807, 2.05) is 31.4 Å². The number of hydrogen-bond donors (Lipinski definition) is 1. The van der Waals surface area contributed by atoms with Crippen molar-refractivity contribution in [2.75, 3.05) is 5.32 Å². The van der Waals surface area contributed by atoms with Crippen LogP contribution in [0.4, 0.5) is 11.6 Å². The molecule has 0 saturated heterocycles. The second-order valence-electron chi connectivity index (χ2n) is 5.08. The molecule has 8 nitrogen and oxygen atoms in total. The SMILES string of the molecule is Cn1cc(Nc2nccc(-c3cccc(-c4ccno4)n3)n2)cn1. The van der Waals surface area contributed by atoms with Crippen LogP contribution in [0.1, 0.15) is 0 Å². The first kappa shape index (κ1) is 14.1. The Hall–Kier alpha value is -3.55. The Kier molecular flexibility index (Phi) is 3.47. The van der Waals surface area contributed by atoms with Crippen LogP contribution < -0.4 is 5.32 Å². The van der Waals surface area contributed by atoms with Crippen LogP contribution >= 0.6 is 0 Å². The Morgan fingerprint density at radius 3 is 2.67 bits per heavy atom. The predicted octanol–water partition coefficient (Wildman–Crippen LogP) is 2.67. The number of anilines is 2. The summed E-state index contributed by atoms with van der Waals surface area (Å²) in [6, 6.07) is 9.22. The fourth-order valence-corrected chi connectivity index (χ4v) is 2.24. The van der Waals surface area contributed by atoms with Gasteiger partial charge in [0.05, 0.1) is 29.5 Å². The highest BCUT2D eigenvalue weighted by Gasteiger charge is 2.08. The van der Waals surface area contributed by atoms with Crippen molar-refractivity contribution in [3.05, 3.63) is 55.1 Å². The molecule has 4 heterocycles. The summed E-state index contributed by atoms with van der Waals surface area (Å²) in [5.74, 6) is 1.09. The van der Waals surface area contributed by atoms with Crippen molar-refractivity contribution in [3.8, 4) is 22.8 Å². The molecule has 0 radical (unpaired) electrons. The van der Waals surface area contributed by atoms with Gasteiger partial charge in [0.15, 0.2) is 5.76 Å². The smallest absolute Gasteiger partial charge is 0.227 e. The van der Waals surface area contributed by atoms with E-state index in [9.17, 15) is 0 Å². The normalized spacial score (nSPS) is 10.7. The molecule has 4 aromatic heterocycles. The number of aromatic nitrogens is 6. The maximum Gasteiger partial charge on any atom is 0.227 e. The third-order valence-corrected chi connectivity index (χ3v) is 3.32. The van der Waals surface area contributed by atoms with Gasteiger partial charge in [0, 0.05) is 25.5 Å². The molecule has 0 bridgehead atoms. The second kappa shape index (κ2) is 5.92. The van der Waals surface area contributed by atoms with E-state index in [1.54, 1.807) is 35.4 Å². The van der Waals surface area contributed by atoms with Crippen LogP contribution in [0, 0.1) is 0 Å². The van der Waals surface area contributed by atoms with Crippen molar-refractivity contribution >= 4 is 11.6 Å². The first-order chi connectivity index (χ1) is 11.8. The topological polar surface area (TPSA) is 94.6 Å². The van der Waals surface area contributed by atoms with Crippen LogP contribution in [0.2, 0.25) is 0 Å². The van der Waals surface area contributed by atoms with Crippen LogP contribution in [-0.4, -0.2) is 29.9 Å². The van der Waals surface area contributed by atoms with E-state index in [2.05, 4.69) is 30.5 Å². The lowest BCUT2D eigenvalue weighted by atomic mass is 10.2. The van der Waals surface area contributed by atoms with Gasteiger partial charge in [-0.3, -0.25) is 4.68 Å². The minimum atomic E-state index is 0.479. The van der Waals surface area contributed by atoms with Crippen LogP contribution in [0.25, 0.3) is 22.8 Å². The minimum absolute atomic E-state index is 0.479. The van der Waals surface area contributed by atoms with Gasteiger partial charge in [-0.1, -0.05) is 11.2 Å². The van der Waals surface area contributed by atoms with E-state index in [0.29, 0.717) is 23.1 Å². The molecule has 0 aliphatic rings. The molecule has 0 saturated carbocycles. The fourth-order valence-electron chi connectivity index (χ4n) is 2.24. The highest BCUT2D eigenvalue weighted by Crippen LogP contribution is 2.22. The quantitative estimate of drug-likeness (QED) is 0.618. The highest BCUT2D eigenvalue weighted by molar-refractivity contribution is 5.62. The van der Waals surface area contributed by atoms with Crippen LogP contribution in [0.15, 0.2) is 59.6 Å². The summed E-state index contributed by atoms with van der Waals surface area (Å²) >= 11 is 0. The maximum absolute atomic E-state index is 5.15. The predicted molar refractivity (Wildman–Crippen MR) is 87.3 cm³/mol. The van der Waals surface area contributed by atoms with Gasteiger partial charge in [-0.05, 0) is 18.2 Å². The summed E-state index contributed by atoms with van der Waals surface area (Å²) in [4.78, 5) is 13.3. The Bertz CT molecular complexity index is 962. The summed E-state index contributed by atoms with van der Waals surface area (Å²) in [7, 11) is 1.85. The minimum Gasteiger partial charge on any atom is -0.355 e. The van der Waals surface area contributed by atoms with Gasteiger partial charge in [0.25, 0.3) is 0 Å². The summed E-state index contributed by atoms with van der Waals surface area (Å²) in [5, 5.41) is 10.9. The second-order valence-corrected chi connectivity index (χ2v) is 5.08. The summed E-state index contributed by atoms with van der Waals surface area (Å²) in [5.41, 5.74) is 2.95. The van der Waals surface area contributed by atoms with E-state index in [-0.39, 0.29) is 0 Å². The monoisotopic (exact) mass is 319 g/mol. The molecular formula is C16H13N7O. The van der Waals surface area contributed by atoms with Crippen LogP contribution in [-0.2, 0) is 7.05 Å². The van der Waals surface area contributed by atoms with Crippen molar-refractivity contribution in [1.29, 1.82) is 0 Å². The molecule has 0 amide bonds. The first-order valence-electron chi connectivity index (χ1n) is 7.25. The van der Waals surface area contributed by atoms with Gasteiger partial charge < -0.3 is 9.84 Å². The van der Waals surface area contributed by atoms with Gasteiger partial charge in [-0.25, -0.2) is 15.0 Å². The third kappa shape index (κ3) is 2.84. The highest BCUT2D eigenvalue weighted by atomic mass is 16.5. The van der Waals surface area contributed by atoms with E-state index in [0.717, 1.165) is 11.4 Å². The summed E-state index contributed by atoms with van der Waals surface area (Å²) in [6.07, 6.45) is 6.83. The Balaban J connectivity index is 1.65. The number of aryl methyl sites for hydroxylation is 1. The van der Waals surface area contributed by atoms with E-state index in [4.69, 9.17) is 4.52 Å². The van der Waals surface area contributed by atoms with Crippen LogP contribution in [0.3, 0.4) is 0 Å². The molecule has 8 heteroatoms. The zero-order valence-corrected chi connectivity index (χ0v) is 12.8. The number of hydrogen-bond acceptors (Lipinski definition) is 7. The molecule has 0 aliphatic heterocycles. The maximum atomic E-state index is 5.15. The molecular weight excluding hydrogens is 306 g/mol. The molecule has 4 rings (SSSR count). The zero-order valence-electron chi connectivity index (χ0n) is 12.8. The third-order valence-electron chi connectivity index (χ3n) is 3.32. The van der Waals surface area contributed by atoms with Gasteiger partial charge in [-0.15, -0.1) is 0 Å². The van der Waals surface area contributed by atoms with Gasteiger partial charge >= 0.3 is 0 Å². The van der Waals surface area contributed by atoms with Gasteiger partial charge in [0.2, 0.25) is 5.95 Å². The van der Waals surface area contributed by atoms with E-state index >= 15 is 0 Å². The molecule has 0 spiro atoms. The first-order valence-corrected chi connectivity index (χ1v) is 7.25. The molecule has 0 fully saturated rings. The number of rotatable bonds is 4. The lowest BCUT2D eigenvalue weighted by Gasteiger charge is -2.05. The van der Waals surface area contributed by atoms with Crippen molar-refractivity contribution in [3.63, 3.8) is 0 Å².